The summed E-state index contributed by atoms with van der Waals surface area (Å²) in [6, 6.07) is 7.01. The van der Waals surface area contributed by atoms with E-state index in [1.54, 1.807) is 17.0 Å². The quantitative estimate of drug-likeness (QED) is 0.284. The third kappa shape index (κ3) is 6.06. The topological polar surface area (TPSA) is 46.6 Å². The number of carbonyl (C=O) groups is 2. The molecule has 0 radical (unpaired) electrons. The first-order valence-corrected chi connectivity index (χ1v) is 10.2. The fourth-order valence-corrected chi connectivity index (χ4v) is 3.52. The molecule has 1 aromatic carbocycles. The van der Waals surface area contributed by atoms with E-state index >= 15 is 0 Å². The molecule has 0 aliphatic carbocycles. The molecule has 7 heteroatoms. The van der Waals surface area contributed by atoms with E-state index in [2.05, 4.69) is 12.6 Å². The molecule has 1 aromatic rings. The van der Waals surface area contributed by atoms with Gasteiger partial charge in [0.15, 0.2) is 6.10 Å². The number of halogens is 2. The first kappa shape index (κ1) is 22.4. The number of hydrogen-bond acceptors (Lipinski definition) is 4. The van der Waals surface area contributed by atoms with Crippen LogP contribution in [-0.2, 0) is 20.2 Å². The fraction of sp³-hybridized carbons (Fsp3) is 0.524. The van der Waals surface area contributed by atoms with Gasteiger partial charge >= 0.3 is 11.9 Å². The number of amides is 1. The van der Waals surface area contributed by atoms with Gasteiger partial charge in [0.05, 0.1) is 6.04 Å². The van der Waals surface area contributed by atoms with Gasteiger partial charge in [-0.15, -0.1) is 0 Å². The molecule has 1 saturated heterocycles. The second kappa shape index (κ2) is 10.6. The van der Waals surface area contributed by atoms with Crippen molar-refractivity contribution in [1.82, 2.24) is 4.90 Å². The average Bonchev–Trinajstić information content (AvgIpc) is 2.67. The highest BCUT2D eigenvalue weighted by atomic mass is 32.1. The molecule has 1 fully saturated rings. The molecule has 2 rings (SSSR count). The Balaban J connectivity index is 2.20. The lowest BCUT2D eigenvalue weighted by Gasteiger charge is -2.34. The molecule has 1 aliphatic heterocycles. The number of hydrogen-bond donors (Lipinski definition) is 1. The molecular formula is C21H27F2NO3S. The second-order valence-corrected chi connectivity index (χ2v) is 7.33. The lowest BCUT2D eigenvalue weighted by molar-refractivity contribution is -0.165. The number of alkyl halides is 2. The zero-order valence-electron chi connectivity index (χ0n) is 16.0. The van der Waals surface area contributed by atoms with Crippen LogP contribution in [0.3, 0.4) is 0 Å². The maximum atomic E-state index is 14.9. The van der Waals surface area contributed by atoms with Crippen molar-refractivity contribution < 1.29 is 23.1 Å². The maximum Gasteiger partial charge on any atom is 0.312 e. The van der Waals surface area contributed by atoms with Crippen molar-refractivity contribution in [2.45, 2.75) is 57.1 Å². The first-order valence-electron chi connectivity index (χ1n) is 9.55. The molecule has 28 heavy (non-hydrogen) atoms. The summed E-state index contributed by atoms with van der Waals surface area (Å²) in [5.74, 6) is -3.39. The number of carbonyl (C=O) groups excluding carboxylic acids is 2. The number of esters is 1. The van der Waals surface area contributed by atoms with E-state index < -0.39 is 18.0 Å². The summed E-state index contributed by atoms with van der Waals surface area (Å²) in [5, 5.41) is 0. The normalized spacial score (nSPS) is 19.1. The average molecular weight is 412 g/mol. The Bertz CT molecular complexity index is 681. The molecule has 0 aromatic heterocycles. The van der Waals surface area contributed by atoms with Gasteiger partial charge in [0.2, 0.25) is 5.91 Å². The standard InChI is InChI=1S/C21H27F2NO3S/c1-16(25)27-19(21(22,23)17-8-3-2-4-9-17)13-12-18-10-7-11-20(26)24(18)14-5-6-15-28/h2-4,8-9,12-13,18-19,28H,5-7,10-11,14-15H2,1H3. The molecule has 2 atom stereocenters. The second-order valence-electron chi connectivity index (χ2n) is 6.88. The molecule has 0 spiro atoms. The predicted molar refractivity (Wildman–Crippen MR) is 107 cm³/mol. The lowest BCUT2D eigenvalue weighted by atomic mass is 9.98. The number of nitrogens with zero attached hydrogens (tertiary/aromatic N) is 1. The molecule has 0 saturated carbocycles. The van der Waals surface area contributed by atoms with Crippen LogP contribution in [-0.4, -0.2) is 41.2 Å². The number of unbranched alkanes of at least 4 members (excludes halogenated alkanes) is 1. The van der Waals surface area contributed by atoms with Crippen LogP contribution >= 0.6 is 12.6 Å². The van der Waals surface area contributed by atoms with Crippen LogP contribution in [0.2, 0.25) is 0 Å². The summed E-state index contributed by atoms with van der Waals surface area (Å²) in [7, 11) is 0. The summed E-state index contributed by atoms with van der Waals surface area (Å²) in [6.07, 6.45) is 4.66. The largest absolute Gasteiger partial charge is 0.451 e. The summed E-state index contributed by atoms with van der Waals surface area (Å²) >= 11 is 4.18. The van der Waals surface area contributed by atoms with Crippen molar-refractivity contribution in [3.63, 3.8) is 0 Å². The van der Waals surface area contributed by atoms with E-state index in [9.17, 15) is 18.4 Å². The lowest BCUT2D eigenvalue weighted by Crippen LogP contribution is -2.43. The van der Waals surface area contributed by atoms with E-state index in [4.69, 9.17) is 4.74 Å². The minimum Gasteiger partial charge on any atom is -0.451 e. The monoisotopic (exact) mass is 411 g/mol. The van der Waals surface area contributed by atoms with Crippen molar-refractivity contribution in [2.75, 3.05) is 12.3 Å². The van der Waals surface area contributed by atoms with Crippen LogP contribution in [0.25, 0.3) is 0 Å². The maximum absolute atomic E-state index is 14.9. The van der Waals surface area contributed by atoms with Gasteiger partial charge in [-0.1, -0.05) is 36.4 Å². The van der Waals surface area contributed by atoms with Gasteiger partial charge in [-0.3, -0.25) is 9.59 Å². The van der Waals surface area contributed by atoms with Gasteiger partial charge in [0.25, 0.3) is 0 Å². The van der Waals surface area contributed by atoms with Gasteiger partial charge in [0, 0.05) is 25.5 Å². The van der Waals surface area contributed by atoms with Gasteiger partial charge in [-0.2, -0.15) is 21.4 Å². The Labute approximate surface area is 170 Å². The highest BCUT2D eigenvalue weighted by Crippen LogP contribution is 2.34. The molecule has 2 unspecified atom stereocenters. The number of rotatable bonds is 9. The molecule has 0 N–H and O–H groups in total. The minimum absolute atomic E-state index is 0.0268. The van der Waals surface area contributed by atoms with Crippen molar-refractivity contribution in [2.24, 2.45) is 0 Å². The van der Waals surface area contributed by atoms with Crippen molar-refractivity contribution in [1.29, 1.82) is 0 Å². The van der Waals surface area contributed by atoms with Crippen LogP contribution in [0.4, 0.5) is 8.78 Å². The van der Waals surface area contributed by atoms with Crippen LogP contribution < -0.4 is 0 Å². The van der Waals surface area contributed by atoms with Gasteiger partial charge in [-0.25, -0.2) is 0 Å². The highest BCUT2D eigenvalue weighted by Gasteiger charge is 2.42. The number of ether oxygens (including phenoxy) is 1. The highest BCUT2D eigenvalue weighted by molar-refractivity contribution is 7.80. The summed E-state index contributed by atoms with van der Waals surface area (Å²) in [6.45, 7) is 1.68. The molecule has 4 nitrogen and oxygen atoms in total. The predicted octanol–water partition coefficient (Wildman–Crippen LogP) is 4.36. The summed E-state index contributed by atoms with van der Waals surface area (Å²) < 4.78 is 34.8. The van der Waals surface area contributed by atoms with Crippen LogP contribution in [0.15, 0.2) is 42.5 Å². The molecule has 1 aliphatic rings. The zero-order chi connectivity index (χ0) is 20.6. The zero-order valence-corrected chi connectivity index (χ0v) is 16.9. The molecule has 1 amide bonds. The van der Waals surface area contributed by atoms with E-state index in [0.717, 1.165) is 25.5 Å². The van der Waals surface area contributed by atoms with E-state index in [-0.39, 0.29) is 17.5 Å². The fourth-order valence-electron chi connectivity index (χ4n) is 3.30. The van der Waals surface area contributed by atoms with Crippen LogP contribution in [0, 0.1) is 0 Å². The van der Waals surface area contributed by atoms with Crippen LogP contribution in [0.5, 0.6) is 0 Å². The first-order chi connectivity index (χ1) is 13.4. The van der Waals surface area contributed by atoms with Gasteiger partial charge < -0.3 is 9.64 Å². The van der Waals surface area contributed by atoms with Crippen molar-refractivity contribution >= 4 is 24.5 Å². The summed E-state index contributed by atoms with van der Waals surface area (Å²) in [5.41, 5.74) is -0.226. The van der Waals surface area contributed by atoms with Crippen molar-refractivity contribution in [3.05, 3.63) is 48.0 Å². The number of benzene rings is 1. The Kier molecular flexibility index (Phi) is 8.48. The Morgan fingerprint density at radius 2 is 2.07 bits per heavy atom. The third-order valence-corrected chi connectivity index (χ3v) is 5.05. The molecule has 154 valence electrons. The van der Waals surface area contributed by atoms with E-state index in [0.29, 0.717) is 25.8 Å². The minimum atomic E-state index is -3.38. The summed E-state index contributed by atoms with van der Waals surface area (Å²) in [4.78, 5) is 25.4. The number of piperidine rings is 1. The van der Waals surface area contributed by atoms with E-state index in [1.165, 1.54) is 30.3 Å². The van der Waals surface area contributed by atoms with Gasteiger partial charge in [0.1, 0.15) is 0 Å². The SMILES string of the molecule is CC(=O)OC(C=CC1CCCC(=O)N1CCCCS)C(F)(F)c1ccccc1. The molecular weight excluding hydrogens is 384 g/mol. The smallest absolute Gasteiger partial charge is 0.312 e. The van der Waals surface area contributed by atoms with Crippen molar-refractivity contribution in [3.8, 4) is 0 Å². The molecule has 1 heterocycles. The number of thiol groups is 1. The molecule has 0 bridgehead atoms. The Hall–Kier alpha value is -1.89. The Morgan fingerprint density at radius 1 is 1.36 bits per heavy atom. The van der Waals surface area contributed by atoms with Crippen LogP contribution in [0.1, 0.15) is 44.6 Å². The van der Waals surface area contributed by atoms with Gasteiger partial charge in [-0.05, 0) is 37.5 Å². The number of likely N-dealkylation sites (tertiary alicyclic amines) is 1. The third-order valence-electron chi connectivity index (χ3n) is 4.74. The van der Waals surface area contributed by atoms with E-state index in [1.807, 2.05) is 0 Å². The Morgan fingerprint density at radius 3 is 2.71 bits per heavy atom.